The zero-order valence-electron chi connectivity index (χ0n) is 38.9. The smallest absolute Gasteiger partial charge is 0.325 e. The van der Waals surface area contributed by atoms with Crippen molar-refractivity contribution in [1.82, 2.24) is 19.6 Å². The summed E-state index contributed by atoms with van der Waals surface area (Å²) in [6.45, 7) is 25.9. The number of carbonyl (C=O) groups excluding carboxylic acids is 4. The minimum atomic E-state index is -0.479. The number of hydrogen-bond acceptors (Lipinski definition) is 16. The van der Waals surface area contributed by atoms with Crippen LogP contribution in [0.3, 0.4) is 0 Å². The fourth-order valence-electron chi connectivity index (χ4n) is 6.56. The molecule has 0 atom stereocenters. The van der Waals surface area contributed by atoms with Crippen molar-refractivity contribution < 1.29 is 47.6 Å². The summed E-state index contributed by atoms with van der Waals surface area (Å²) < 4.78 is 34.8. The molecule has 0 saturated carbocycles. The Balaban J connectivity index is 2.22. The third-order valence-electron chi connectivity index (χ3n) is 10.6. The second-order valence-corrected chi connectivity index (χ2v) is 14.3. The van der Waals surface area contributed by atoms with Gasteiger partial charge >= 0.3 is 23.9 Å². The fourth-order valence-corrected chi connectivity index (χ4v) is 6.56. The Morgan fingerprint density at radius 1 is 0.371 bits per heavy atom. The van der Waals surface area contributed by atoms with Crippen LogP contribution in [0.15, 0.2) is 48.5 Å². The summed E-state index contributed by atoms with van der Waals surface area (Å²) >= 11 is 0. The molecule has 16 heteroatoms. The van der Waals surface area contributed by atoms with Gasteiger partial charge in [-0.1, -0.05) is 79.7 Å². The minimum Gasteiger partial charge on any atom is -0.488 e. The highest BCUT2D eigenvalue weighted by Crippen LogP contribution is 2.30. The van der Waals surface area contributed by atoms with Crippen LogP contribution in [-0.2, 0) is 38.1 Å². The number of para-hydroxylation sites is 4. The first-order valence-electron chi connectivity index (χ1n) is 22.5. The quantitative estimate of drug-likeness (QED) is 0.0552. The van der Waals surface area contributed by atoms with Crippen molar-refractivity contribution in [3.05, 3.63) is 48.5 Å². The van der Waals surface area contributed by atoms with Gasteiger partial charge in [0.2, 0.25) is 0 Å². The van der Waals surface area contributed by atoms with E-state index >= 15 is 0 Å². The number of esters is 4. The molecule has 0 unspecified atom stereocenters. The second kappa shape index (κ2) is 32.1. The van der Waals surface area contributed by atoms with E-state index in [9.17, 15) is 19.2 Å². The van der Waals surface area contributed by atoms with Gasteiger partial charge in [-0.15, -0.1) is 0 Å². The lowest BCUT2D eigenvalue weighted by molar-refractivity contribution is -0.145. The van der Waals surface area contributed by atoms with Crippen LogP contribution < -0.4 is 19.3 Å². The van der Waals surface area contributed by atoms with Gasteiger partial charge in [0, 0.05) is 26.2 Å². The Morgan fingerprint density at radius 2 is 0.613 bits per heavy atom. The first-order valence-corrected chi connectivity index (χ1v) is 22.5. The molecule has 0 aliphatic heterocycles. The van der Waals surface area contributed by atoms with Gasteiger partial charge in [-0.05, 0) is 76.6 Å². The summed E-state index contributed by atoms with van der Waals surface area (Å²) in [6.07, 6.45) is 0. The van der Waals surface area contributed by atoms with Crippen molar-refractivity contribution >= 4 is 35.3 Å². The van der Waals surface area contributed by atoms with Gasteiger partial charge in [-0.2, -0.15) is 0 Å². The number of carbonyl (C=O) groups is 4. The highest BCUT2D eigenvalue weighted by Gasteiger charge is 2.23. The van der Waals surface area contributed by atoms with Crippen molar-refractivity contribution in [3.8, 4) is 11.5 Å². The minimum absolute atomic E-state index is 0.0859. The van der Waals surface area contributed by atoms with Gasteiger partial charge in [-0.25, -0.2) is 0 Å². The molecule has 0 heterocycles. The molecule has 0 saturated heterocycles. The maximum Gasteiger partial charge on any atom is 0.325 e. The molecule has 0 fully saturated rings. The van der Waals surface area contributed by atoms with E-state index < -0.39 is 23.9 Å². The van der Waals surface area contributed by atoms with Crippen LogP contribution in [-0.4, -0.2) is 188 Å². The van der Waals surface area contributed by atoms with Crippen LogP contribution in [0.4, 0.5) is 11.4 Å². The second-order valence-electron chi connectivity index (χ2n) is 14.3. The summed E-state index contributed by atoms with van der Waals surface area (Å²) in [5.74, 6) is -1.06. The zero-order valence-corrected chi connectivity index (χ0v) is 38.9. The molecule has 16 nitrogen and oxygen atoms in total. The Labute approximate surface area is 371 Å². The third-order valence-corrected chi connectivity index (χ3v) is 10.6. The number of hydrogen-bond donors (Lipinski definition) is 0. The highest BCUT2D eigenvalue weighted by atomic mass is 16.6. The lowest BCUT2D eigenvalue weighted by atomic mass is 10.2. The summed E-state index contributed by atoms with van der Waals surface area (Å²) in [4.78, 5) is 64.4. The Bertz CT molecular complexity index is 1370. The molecular formula is C46H76N6O10. The van der Waals surface area contributed by atoms with Crippen LogP contribution in [0.25, 0.3) is 0 Å². The average Bonchev–Trinajstić information content (AvgIpc) is 3.28. The molecule has 0 aliphatic carbocycles. The van der Waals surface area contributed by atoms with E-state index in [-0.39, 0.29) is 65.8 Å². The van der Waals surface area contributed by atoms with Crippen LogP contribution >= 0.6 is 0 Å². The Hall–Kier alpha value is -4.64. The van der Waals surface area contributed by atoms with Gasteiger partial charge in [0.1, 0.15) is 77.3 Å². The molecule has 0 bridgehead atoms. The summed E-state index contributed by atoms with van der Waals surface area (Å²) in [5, 5.41) is 0. The average molecular weight is 873 g/mol. The lowest BCUT2D eigenvalue weighted by Gasteiger charge is -2.26. The van der Waals surface area contributed by atoms with Crippen molar-refractivity contribution in [3.63, 3.8) is 0 Å². The molecule has 2 aromatic rings. The van der Waals surface area contributed by atoms with Crippen LogP contribution in [0.5, 0.6) is 11.5 Å². The number of benzene rings is 2. The number of nitrogens with zero attached hydrogens (tertiary/aromatic N) is 6. The van der Waals surface area contributed by atoms with E-state index in [1.165, 1.54) is 0 Å². The Kier molecular flexibility index (Phi) is 27.7. The van der Waals surface area contributed by atoms with E-state index in [1.807, 2.05) is 0 Å². The van der Waals surface area contributed by atoms with Crippen molar-refractivity contribution in [2.24, 2.45) is 0 Å². The summed E-state index contributed by atoms with van der Waals surface area (Å²) in [7, 11) is 0. The van der Waals surface area contributed by atoms with Crippen LogP contribution in [0.2, 0.25) is 0 Å². The van der Waals surface area contributed by atoms with Gasteiger partial charge in [0.05, 0.1) is 11.4 Å². The van der Waals surface area contributed by atoms with Crippen molar-refractivity contribution in [1.29, 1.82) is 0 Å². The van der Waals surface area contributed by atoms with Gasteiger partial charge in [0.15, 0.2) is 0 Å². The number of likely N-dealkylation sites (N-methyl/N-ethyl adjacent to an activating group) is 4. The van der Waals surface area contributed by atoms with E-state index in [2.05, 4.69) is 75.0 Å². The normalized spacial score (nSPS) is 11.2. The van der Waals surface area contributed by atoms with E-state index in [1.54, 1.807) is 58.3 Å². The molecular weight excluding hydrogens is 797 g/mol. The van der Waals surface area contributed by atoms with Crippen molar-refractivity contribution in [2.75, 3.05) is 154 Å². The first kappa shape index (κ1) is 53.5. The topological polar surface area (TPSA) is 143 Å². The molecule has 62 heavy (non-hydrogen) atoms. The number of rotatable bonds is 35. The number of anilines is 2. The SMILES string of the molecule is CCN(CC)CCOC(=O)CN(CC(=O)OCCN(CC)CC)c1ccccc1OCCOc1ccccc1N(CC(=O)OCCN(CC)CC)CC(=O)OCCN(CC)CC. The molecule has 0 amide bonds. The third kappa shape index (κ3) is 21.0. The largest absolute Gasteiger partial charge is 0.488 e. The fraction of sp³-hybridized carbons (Fsp3) is 0.652. The predicted octanol–water partition coefficient (Wildman–Crippen LogP) is 4.30. The maximum absolute atomic E-state index is 13.1. The van der Waals surface area contributed by atoms with E-state index in [0.29, 0.717) is 49.1 Å². The standard InChI is InChI=1S/C46H76N6O10/c1-9-47(10-2)25-29-59-43(53)35-51(36-44(54)60-30-26-48(11-3)12-4)39-21-17-19-23-41(39)57-33-34-58-42-24-20-18-22-40(42)52(37-45(55)61-31-27-49(13-5)14-6)38-46(56)62-32-28-50(15-7)16-8/h17-24H,9-16,25-38H2,1-8H3. The van der Waals surface area contributed by atoms with Crippen molar-refractivity contribution in [2.45, 2.75) is 55.4 Å². The summed E-state index contributed by atoms with van der Waals surface area (Å²) in [6, 6.07) is 14.3. The zero-order chi connectivity index (χ0) is 45.5. The Morgan fingerprint density at radius 3 is 0.855 bits per heavy atom. The monoisotopic (exact) mass is 873 g/mol. The molecule has 0 aliphatic rings. The van der Waals surface area contributed by atoms with Gasteiger partial charge < -0.3 is 57.8 Å². The van der Waals surface area contributed by atoms with E-state index in [0.717, 1.165) is 52.4 Å². The van der Waals surface area contributed by atoms with Gasteiger partial charge in [0.25, 0.3) is 0 Å². The molecule has 2 aromatic carbocycles. The molecule has 0 spiro atoms. The summed E-state index contributed by atoms with van der Waals surface area (Å²) in [5.41, 5.74) is 1.03. The van der Waals surface area contributed by atoms with Crippen LogP contribution in [0, 0.1) is 0 Å². The maximum atomic E-state index is 13.1. The molecule has 2 rings (SSSR count). The lowest BCUT2D eigenvalue weighted by Crippen LogP contribution is -2.38. The molecule has 0 radical (unpaired) electrons. The first-order chi connectivity index (χ1) is 30.0. The van der Waals surface area contributed by atoms with E-state index in [4.69, 9.17) is 28.4 Å². The van der Waals surface area contributed by atoms with Gasteiger partial charge in [-0.3, -0.25) is 19.2 Å². The predicted molar refractivity (Wildman–Crippen MR) is 243 cm³/mol. The van der Waals surface area contributed by atoms with Crippen LogP contribution in [0.1, 0.15) is 55.4 Å². The molecule has 350 valence electrons. The highest BCUT2D eigenvalue weighted by molar-refractivity contribution is 5.83. The number of ether oxygens (including phenoxy) is 6. The molecule has 0 N–H and O–H groups in total. The molecule has 0 aromatic heterocycles.